The van der Waals surface area contributed by atoms with Gasteiger partial charge in [0.2, 0.25) is 0 Å². The highest BCUT2D eigenvalue weighted by Crippen LogP contribution is 2.33. The van der Waals surface area contributed by atoms with Crippen molar-refractivity contribution in [3.05, 3.63) is 102 Å². The third-order valence-corrected chi connectivity index (χ3v) is 7.08. The third kappa shape index (κ3) is 7.28. The second-order valence-corrected chi connectivity index (χ2v) is 9.86. The topological polar surface area (TPSA) is 41.7 Å². The minimum Gasteiger partial charge on any atom is -0.457 e. The van der Waals surface area contributed by atoms with Crippen LogP contribution < -0.4 is 4.74 Å². The summed E-state index contributed by atoms with van der Waals surface area (Å²) in [7, 11) is 0. The molecule has 5 rings (SSSR count). The Balaban J connectivity index is 1.07. The zero-order chi connectivity index (χ0) is 27.1. The maximum atomic E-state index is 13.3. The molecule has 1 aliphatic heterocycles. The molecular formula is C31H32F3N3O2. The molecule has 0 spiro atoms. The fraction of sp³-hybridized carbons (Fsp3) is 0.323. The van der Waals surface area contributed by atoms with E-state index in [4.69, 9.17) is 9.26 Å². The number of alkyl halides is 3. The highest BCUT2D eigenvalue weighted by molar-refractivity contribution is 5.64. The molecule has 1 saturated heterocycles. The van der Waals surface area contributed by atoms with Crippen molar-refractivity contribution < 1.29 is 22.4 Å². The summed E-state index contributed by atoms with van der Waals surface area (Å²) in [5, 5.41) is 4.25. The smallest absolute Gasteiger partial charge is 0.416 e. The Morgan fingerprint density at radius 1 is 0.769 bits per heavy atom. The highest BCUT2D eigenvalue weighted by atomic mass is 19.4. The minimum absolute atomic E-state index is 0.331. The Hall–Kier alpha value is -3.62. The van der Waals surface area contributed by atoms with Crippen LogP contribution in [0.1, 0.15) is 29.5 Å². The number of nitrogens with zero attached hydrogens (tertiary/aromatic N) is 3. The van der Waals surface area contributed by atoms with Crippen molar-refractivity contribution in [3.8, 4) is 22.8 Å². The summed E-state index contributed by atoms with van der Waals surface area (Å²) < 4.78 is 51.2. The van der Waals surface area contributed by atoms with Gasteiger partial charge in [0.05, 0.1) is 5.56 Å². The summed E-state index contributed by atoms with van der Waals surface area (Å²) in [6, 6.07) is 23.4. The molecule has 2 heterocycles. The first-order valence-corrected chi connectivity index (χ1v) is 13.3. The molecule has 0 radical (unpaired) electrons. The molecule has 0 atom stereocenters. The number of hydrogen-bond donors (Lipinski definition) is 0. The van der Waals surface area contributed by atoms with E-state index in [-0.39, 0.29) is 0 Å². The predicted molar refractivity (Wildman–Crippen MR) is 145 cm³/mol. The van der Waals surface area contributed by atoms with Crippen LogP contribution in [0.2, 0.25) is 0 Å². The zero-order valence-electron chi connectivity index (χ0n) is 21.7. The Labute approximate surface area is 226 Å². The van der Waals surface area contributed by atoms with Gasteiger partial charge in [0.25, 0.3) is 0 Å². The predicted octanol–water partition coefficient (Wildman–Crippen LogP) is 7.29. The number of piperazine rings is 1. The number of para-hydroxylation sites is 1. The number of hydrogen-bond acceptors (Lipinski definition) is 5. The van der Waals surface area contributed by atoms with E-state index < -0.39 is 11.7 Å². The summed E-state index contributed by atoms with van der Waals surface area (Å²) >= 11 is 0. The van der Waals surface area contributed by atoms with E-state index in [0.717, 1.165) is 80.3 Å². The Kier molecular flexibility index (Phi) is 8.64. The summed E-state index contributed by atoms with van der Waals surface area (Å²) in [5.74, 6) is 1.52. The van der Waals surface area contributed by atoms with Crippen LogP contribution in [-0.4, -0.2) is 47.7 Å². The summed E-state index contributed by atoms with van der Waals surface area (Å²) in [4.78, 5) is 4.51. The van der Waals surface area contributed by atoms with Gasteiger partial charge in [0.1, 0.15) is 23.5 Å². The first kappa shape index (κ1) is 27.0. The molecule has 3 aromatic carbocycles. The lowest BCUT2D eigenvalue weighted by atomic mass is 10.0. The average molecular weight is 536 g/mol. The maximum Gasteiger partial charge on any atom is 0.416 e. The van der Waals surface area contributed by atoms with E-state index in [2.05, 4.69) is 15.0 Å². The fourth-order valence-electron chi connectivity index (χ4n) is 5.00. The maximum absolute atomic E-state index is 13.3. The summed E-state index contributed by atoms with van der Waals surface area (Å²) in [6.45, 7) is 4.56. The van der Waals surface area contributed by atoms with Crippen LogP contribution in [0.25, 0.3) is 11.3 Å². The van der Waals surface area contributed by atoms with Crippen molar-refractivity contribution in [3.63, 3.8) is 0 Å². The van der Waals surface area contributed by atoms with E-state index >= 15 is 0 Å². The molecule has 0 amide bonds. The molecule has 1 fully saturated rings. The van der Waals surface area contributed by atoms with Crippen LogP contribution in [0.15, 0.2) is 89.6 Å². The van der Waals surface area contributed by atoms with Gasteiger partial charge in [-0.2, -0.15) is 13.2 Å². The molecular weight excluding hydrogens is 503 g/mol. The molecule has 4 aromatic rings. The Bertz CT molecular complexity index is 1330. The van der Waals surface area contributed by atoms with E-state index in [0.29, 0.717) is 12.1 Å². The van der Waals surface area contributed by atoms with Gasteiger partial charge in [-0.3, -0.25) is 4.90 Å². The first-order chi connectivity index (χ1) is 19.0. The van der Waals surface area contributed by atoms with Crippen LogP contribution in [0.4, 0.5) is 13.2 Å². The average Bonchev–Trinajstić information content (AvgIpc) is 3.41. The van der Waals surface area contributed by atoms with Crippen LogP contribution in [0.5, 0.6) is 11.5 Å². The van der Waals surface area contributed by atoms with Gasteiger partial charge in [0.15, 0.2) is 0 Å². The van der Waals surface area contributed by atoms with Gasteiger partial charge in [-0.15, -0.1) is 0 Å². The van der Waals surface area contributed by atoms with Crippen molar-refractivity contribution in [1.29, 1.82) is 0 Å². The quantitative estimate of drug-likeness (QED) is 0.200. The Morgan fingerprint density at radius 2 is 1.49 bits per heavy atom. The molecule has 1 aliphatic rings. The number of rotatable bonds is 10. The van der Waals surface area contributed by atoms with Crippen molar-refractivity contribution in [2.45, 2.75) is 32.0 Å². The van der Waals surface area contributed by atoms with E-state index in [1.807, 2.05) is 54.6 Å². The zero-order valence-corrected chi connectivity index (χ0v) is 21.7. The highest BCUT2D eigenvalue weighted by Gasteiger charge is 2.33. The largest absolute Gasteiger partial charge is 0.457 e. The standard InChI is InChI=1S/C31H32F3N3O2/c32-31(33,34)29-15-5-4-9-25(29)22-37-19-17-36(18-20-37)16-7-6-10-26-23-38-35-30(26)24-11-8-14-28(21-24)39-27-12-2-1-3-13-27/h1-5,8-9,11-15,21,23H,6-7,10,16-20,22H2. The SMILES string of the molecule is FC(F)(F)c1ccccc1CN1CCN(CCCCc2conc2-c2cccc(Oc3ccccc3)c2)CC1. The molecule has 204 valence electrons. The Morgan fingerprint density at radius 3 is 2.28 bits per heavy atom. The van der Waals surface area contributed by atoms with Crippen molar-refractivity contribution >= 4 is 0 Å². The molecule has 0 unspecified atom stereocenters. The second kappa shape index (κ2) is 12.5. The molecule has 0 bridgehead atoms. The third-order valence-electron chi connectivity index (χ3n) is 7.08. The van der Waals surface area contributed by atoms with E-state index in [1.165, 1.54) is 12.1 Å². The van der Waals surface area contributed by atoms with Crippen LogP contribution in [0, 0.1) is 0 Å². The lowest BCUT2D eigenvalue weighted by Gasteiger charge is -2.35. The molecule has 39 heavy (non-hydrogen) atoms. The van der Waals surface area contributed by atoms with Gasteiger partial charge >= 0.3 is 6.18 Å². The number of aryl methyl sites for hydroxylation is 1. The number of aromatic nitrogens is 1. The number of halogens is 3. The summed E-state index contributed by atoms with van der Waals surface area (Å²) in [5.41, 5.74) is 2.67. The van der Waals surface area contributed by atoms with Gasteiger partial charge in [0, 0.05) is 43.9 Å². The lowest BCUT2D eigenvalue weighted by Crippen LogP contribution is -2.46. The monoisotopic (exact) mass is 535 g/mol. The number of ether oxygens (including phenoxy) is 1. The number of benzene rings is 3. The van der Waals surface area contributed by atoms with Gasteiger partial charge in [-0.25, -0.2) is 0 Å². The number of unbranched alkanes of at least 4 members (excludes halogenated alkanes) is 1. The van der Waals surface area contributed by atoms with Gasteiger partial charge < -0.3 is 14.2 Å². The molecule has 0 N–H and O–H groups in total. The minimum atomic E-state index is -4.32. The molecule has 0 saturated carbocycles. The molecule has 5 nitrogen and oxygen atoms in total. The normalized spacial score (nSPS) is 14.9. The van der Waals surface area contributed by atoms with Gasteiger partial charge in [-0.05, 0) is 61.7 Å². The van der Waals surface area contributed by atoms with Crippen LogP contribution in [-0.2, 0) is 19.1 Å². The van der Waals surface area contributed by atoms with E-state index in [9.17, 15) is 13.2 Å². The first-order valence-electron chi connectivity index (χ1n) is 13.3. The molecule has 8 heteroatoms. The lowest BCUT2D eigenvalue weighted by molar-refractivity contribution is -0.138. The van der Waals surface area contributed by atoms with E-state index in [1.54, 1.807) is 18.4 Å². The van der Waals surface area contributed by atoms with Crippen LogP contribution >= 0.6 is 0 Å². The van der Waals surface area contributed by atoms with Gasteiger partial charge in [-0.1, -0.05) is 53.7 Å². The molecule has 0 aliphatic carbocycles. The van der Waals surface area contributed by atoms with Crippen molar-refractivity contribution in [2.75, 3.05) is 32.7 Å². The second-order valence-electron chi connectivity index (χ2n) is 9.86. The van der Waals surface area contributed by atoms with Crippen LogP contribution in [0.3, 0.4) is 0 Å². The van der Waals surface area contributed by atoms with Crippen molar-refractivity contribution in [1.82, 2.24) is 15.0 Å². The molecule has 1 aromatic heterocycles. The summed E-state index contributed by atoms with van der Waals surface area (Å²) in [6.07, 6.45) is 0.280. The fourth-order valence-corrected chi connectivity index (χ4v) is 5.00. The van der Waals surface area contributed by atoms with Crippen molar-refractivity contribution in [2.24, 2.45) is 0 Å².